The highest BCUT2D eigenvalue weighted by Gasteiger charge is 2.39. The van der Waals surface area contributed by atoms with Gasteiger partial charge in [-0.3, -0.25) is 9.59 Å². The van der Waals surface area contributed by atoms with Crippen molar-refractivity contribution in [2.24, 2.45) is 5.92 Å². The smallest absolute Gasteiger partial charge is 0.366 e. The maximum atomic E-state index is 13.7. The van der Waals surface area contributed by atoms with E-state index in [1.54, 1.807) is 29.2 Å². The lowest BCUT2D eigenvalue weighted by atomic mass is 10.0. The van der Waals surface area contributed by atoms with Crippen LogP contribution in [0.3, 0.4) is 0 Å². The number of carbonyl (C=O) groups excluding carboxylic acids is 2. The van der Waals surface area contributed by atoms with Gasteiger partial charge in [-0.15, -0.1) is 0 Å². The molecule has 9 nitrogen and oxygen atoms in total. The molecule has 38 heavy (non-hydrogen) atoms. The molecule has 1 saturated carbocycles. The number of halogens is 3. The third kappa shape index (κ3) is 6.91. The van der Waals surface area contributed by atoms with Gasteiger partial charge in [-0.05, 0) is 63.9 Å². The van der Waals surface area contributed by atoms with Crippen molar-refractivity contribution in [3.63, 3.8) is 0 Å². The standard InChI is InChI=1S/C26H34F3N7O2/c1-16(2)32-23(37)19-5-3-6-21(19)34-22-20(26(27,28)29)15-31-25(35-22)33-18-9-7-17(8-10-18)24(38)36-13-4-11-30-12-14-36/h7-10,15-16,19,21,30H,3-6,11-14H2,1-2H3,(H,32,37)(H2,31,33,34,35)/t19-,21+/m0/s1. The number of nitrogens with zero attached hydrogens (tertiary/aromatic N) is 3. The van der Waals surface area contributed by atoms with Crippen molar-refractivity contribution >= 4 is 29.3 Å². The fourth-order valence-corrected chi connectivity index (χ4v) is 4.83. The van der Waals surface area contributed by atoms with Crippen molar-refractivity contribution in [2.45, 2.75) is 57.8 Å². The number of aromatic nitrogens is 2. The normalized spacial score (nSPS) is 20.2. The van der Waals surface area contributed by atoms with Crippen LogP contribution in [0.5, 0.6) is 0 Å². The highest BCUT2D eigenvalue weighted by molar-refractivity contribution is 5.94. The molecule has 2 aromatic rings. The molecule has 2 amide bonds. The first-order chi connectivity index (χ1) is 18.1. The second kappa shape index (κ2) is 12.0. The molecule has 2 aliphatic rings. The van der Waals surface area contributed by atoms with E-state index in [1.807, 2.05) is 13.8 Å². The average Bonchev–Trinajstić information content (AvgIpc) is 3.15. The van der Waals surface area contributed by atoms with Gasteiger partial charge < -0.3 is 26.2 Å². The molecule has 1 aromatic carbocycles. The van der Waals surface area contributed by atoms with E-state index in [0.717, 1.165) is 32.1 Å². The van der Waals surface area contributed by atoms with Crippen molar-refractivity contribution in [2.75, 3.05) is 36.8 Å². The van der Waals surface area contributed by atoms with E-state index in [0.29, 0.717) is 37.2 Å². The number of nitrogens with one attached hydrogen (secondary N) is 4. The van der Waals surface area contributed by atoms with Gasteiger partial charge in [0.1, 0.15) is 11.4 Å². The Bertz CT molecular complexity index is 1120. The summed E-state index contributed by atoms with van der Waals surface area (Å²) >= 11 is 0. The topological polar surface area (TPSA) is 111 Å². The monoisotopic (exact) mass is 533 g/mol. The van der Waals surface area contributed by atoms with Crippen molar-refractivity contribution in [1.29, 1.82) is 0 Å². The Hall–Kier alpha value is -3.41. The zero-order valence-corrected chi connectivity index (χ0v) is 21.6. The van der Waals surface area contributed by atoms with Crippen LogP contribution in [0.4, 0.5) is 30.6 Å². The summed E-state index contributed by atoms with van der Waals surface area (Å²) in [5, 5.41) is 11.9. The van der Waals surface area contributed by atoms with Crippen molar-refractivity contribution < 1.29 is 22.8 Å². The van der Waals surface area contributed by atoms with Crippen LogP contribution in [-0.2, 0) is 11.0 Å². The van der Waals surface area contributed by atoms with E-state index in [9.17, 15) is 22.8 Å². The summed E-state index contributed by atoms with van der Waals surface area (Å²) in [6, 6.07) is 6.14. The minimum Gasteiger partial charge on any atom is -0.366 e. The number of benzene rings is 1. The summed E-state index contributed by atoms with van der Waals surface area (Å²) in [4.78, 5) is 35.2. The lowest BCUT2D eigenvalue weighted by Crippen LogP contribution is -2.41. The summed E-state index contributed by atoms with van der Waals surface area (Å²) in [7, 11) is 0. The second-order valence-electron chi connectivity index (χ2n) is 10.0. The van der Waals surface area contributed by atoms with E-state index in [-0.39, 0.29) is 29.6 Å². The van der Waals surface area contributed by atoms with Gasteiger partial charge in [0.15, 0.2) is 0 Å². The largest absolute Gasteiger partial charge is 0.421 e. The minimum absolute atomic E-state index is 0.0284. The maximum absolute atomic E-state index is 13.7. The van der Waals surface area contributed by atoms with E-state index >= 15 is 0 Å². The van der Waals surface area contributed by atoms with Gasteiger partial charge in [-0.25, -0.2) is 4.98 Å². The minimum atomic E-state index is -4.67. The lowest BCUT2D eigenvalue weighted by molar-refractivity contribution is -0.137. The number of hydrogen-bond acceptors (Lipinski definition) is 7. The van der Waals surface area contributed by atoms with Gasteiger partial charge in [0.2, 0.25) is 11.9 Å². The molecular weight excluding hydrogens is 499 g/mol. The second-order valence-corrected chi connectivity index (χ2v) is 10.0. The molecule has 2 fully saturated rings. The molecule has 0 unspecified atom stereocenters. The maximum Gasteiger partial charge on any atom is 0.421 e. The van der Waals surface area contributed by atoms with Gasteiger partial charge in [-0.2, -0.15) is 18.2 Å². The molecule has 0 bridgehead atoms. The van der Waals surface area contributed by atoms with Gasteiger partial charge >= 0.3 is 6.18 Å². The quantitative estimate of drug-likeness (QED) is 0.429. The average molecular weight is 534 g/mol. The first-order valence-corrected chi connectivity index (χ1v) is 13.0. The van der Waals surface area contributed by atoms with Gasteiger partial charge in [0.05, 0.1) is 5.92 Å². The molecule has 1 aromatic heterocycles. The molecule has 12 heteroatoms. The Morgan fingerprint density at radius 3 is 2.55 bits per heavy atom. The third-order valence-corrected chi connectivity index (χ3v) is 6.72. The van der Waals surface area contributed by atoms with Crippen LogP contribution in [0.15, 0.2) is 30.5 Å². The van der Waals surface area contributed by atoms with Crippen molar-refractivity contribution in [3.8, 4) is 0 Å². The summed E-state index contributed by atoms with van der Waals surface area (Å²) in [5.74, 6) is -1.09. The van der Waals surface area contributed by atoms with Crippen LogP contribution in [0.1, 0.15) is 55.5 Å². The Balaban J connectivity index is 1.49. The Morgan fingerprint density at radius 1 is 1.08 bits per heavy atom. The molecule has 0 spiro atoms. The molecule has 0 radical (unpaired) electrons. The number of carbonyl (C=O) groups is 2. The predicted molar refractivity (Wildman–Crippen MR) is 138 cm³/mol. The van der Waals surface area contributed by atoms with Crippen molar-refractivity contribution in [3.05, 3.63) is 41.6 Å². The number of anilines is 3. The molecule has 206 valence electrons. The van der Waals surface area contributed by atoms with Crippen LogP contribution in [-0.4, -0.2) is 64.9 Å². The molecule has 2 heterocycles. The SMILES string of the molecule is CC(C)NC(=O)[C@H]1CCC[C@H]1Nc1nc(Nc2ccc(C(=O)N3CCCNCC3)cc2)ncc1C(F)(F)F. The summed E-state index contributed by atoms with van der Waals surface area (Å²) < 4.78 is 41.2. The highest BCUT2D eigenvalue weighted by Crippen LogP contribution is 2.36. The van der Waals surface area contributed by atoms with Crippen LogP contribution >= 0.6 is 0 Å². The molecular formula is C26H34F3N7O2. The molecule has 4 N–H and O–H groups in total. The first-order valence-electron chi connectivity index (χ1n) is 13.0. The van der Waals surface area contributed by atoms with E-state index in [4.69, 9.17) is 0 Å². The van der Waals surface area contributed by atoms with Gasteiger partial charge in [0, 0.05) is 49.2 Å². The number of rotatable bonds is 7. The van der Waals surface area contributed by atoms with E-state index in [2.05, 4.69) is 31.2 Å². The van der Waals surface area contributed by atoms with Crippen LogP contribution < -0.4 is 21.3 Å². The zero-order valence-electron chi connectivity index (χ0n) is 21.6. The summed E-state index contributed by atoms with van der Waals surface area (Å²) in [6.07, 6.45) is -1.17. The molecule has 2 atom stereocenters. The number of hydrogen-bond donors (Lipinski definition) is 4. The molecule has 1 aliphatic carbocycles. The van der Waals surface area contributed by atoms with E-state index in [1.165, 1.54) is 0 Å². The highest BCUT2D eigenvalue weighted by atomic mass is 19.4. The first kappa shape index (κ1) is 27.6. The fourth-order valence-electron chi connectivity index (χ4n) is 4.83. The number of alkyl halides is 3. The Kier molecular flexibility index (Phi) is 8.70. The van der Waals surface area contributed by atoms with Crippen LogP contribution in [0, 0.1) is 5.92 Å². The predicted octanol–water partition coefficient (Wildman–Crippen LogP) is 3.78. The van der Waals surface area contributed by atoms with Gasteiger partial charge in [0.25, 0.3) is 5.91 Å². The summed E-state index contributed by atoms with van der Waals surface area (Å²) in [6.45, 7) is 6.62. The lowest BCUT2D eigenvalue weighted by Gasteiger charge is -2.24. The molecule has 4 rings (SSSR count). The van der Waals surface area contributed by atoms with Crippen molar-refractivity contribution in [1.82, 2.24) is 25.5 Å². The van der Waals surface area contributed by atoms with E-state index < -0.39 is 23.7 Å². The third-order valence-electron chi connectivity index (χ3n) is 6.72. The van der Waals surface area contributed by atoms with Crippen LogP contribution in [0.25, 0.3) is 0 Å². The van der Waals surface area contributed by atoms with Gasteiger partial charge in [-0.1, -0.05) is 6.42 Å². The van der Waals surface area contributed by atoms with Crippen LogP contribution in [0.2, 0.25) is 0 Å². The fraction of sp³-hybridized carbons (Fsp3) is 0.538. The number of amides is 2. The Morgan fingerprint density at radius 2 is 1.84 bits per heavy atom. The molecule has 1 aliphatic heterocycles. The summed E-state index contributed by atoms with van der Waals surface area (Å²) in [5.41, 5.74) is 0.0609. The Labute approximate surface area is 220 Å². The zero-order chi connectivity index (χ0) is 27.3. The molecule has 1 saturated heterocycles.